The molecule has 0 saturated heterocycles. The van der Waals surface area contributed by atoms with Gasteiger partial charge in [0.1, 0.15) is 6.61 Å². The predicted octanol–water partition coefficient (Wildman–Crippen LogP) is 0.287. The Hall–Kier alpha value is -0.190. The Morgan fingerprint density at radius 3 is 2.73 bits per heavy atom. The Kier molecular flexibility index (Phi) is 6.40. The van der Waals surface area contributed by atoms with Crippen LogP contribution in [0, 0.1) is 0 Å². The molecule has 0 heterocycles. The van der Waals surface area contributed by atoms with E-state index in [0.717, 1.165) is 0 Å². The highest BCUT2D eigenvalue weighted by Gasteiger charge is 1.97. The zero-order valence-electron chi connectivity index (χ0n) is 7.09. The molecule has 0 atom stereocenters. The molecule has 0 aromatic rings. The molecule has 0 saturated carbocycles. The van der Waals surface area contributed by atoms with Gasteiger partial charge < -0.3 is 15.8 Å². The maximum Gasteiger partial charge on any atom is 0.173 e. The van der Waals surface area contributed by atoms with Crippen molar-refractivity contribution in [3.63, 3.8) is 0 Å². The third-order valence-corrected chi connectivity index (χ3v) is 1.30. The molecule has 0 aromatic heterocycles. The molecule has 0 aliphatic heterocycles. The van der Waals surface area contributed by atoms with Crippen molar-refractivity contribution in [2.75, 3.05) is 19.7 Å². The summed E-state index contributed by atoms with van der Waals surface area (Å²) < 4.78 is 5.09. The fraction of sp³-hybridized carbons (Fsp3) is 0.857. The molecule has 0 radical (unpaired) electrons. The van der Waals surface area contributed by atoms with E-state index < -0.39 is 0 Å². The Morgan fingerprint density at radius 1 is 1.64 bits per heavy atom. The lowest BCUT2D eigenvalue weighted by Crippen LogP contribution is -2.30. The van der Waals surface area contributed by atoms with Crippen molar-refractivity contribution in [3.8, 4) is 0 Å². The molecule has 4 heteroatoms. The van der Waals surface area contributed by atoms with Crippen LogP contribution in [0.1, 0.15) is 13.8 Å². The highest BCUT2D eigenvalue weighted by Crippen LogP contribution is 1.82. The summed E-state index contributed by atoms with van der Waals surface area (Å²) in [6.45, 7) is 5.78. The second kappa shape index (κ2) is 6.52. The van der Waals surface area contributed by atoms with E-state index in [1.54, 1.807) is 0 Å². The van der Waals surface area contributed by atoms with Gasteiger partial charge in [-0.25, -0.2) is 0 Å². The first-order chi connectivity index (χ1) is 5.16. The van der Waals surface area contributed by atoms with Crippen LogP contribution in [-0.2, 0) is 4.74 Å². The van der Waals surface area contributed by atoms with Gasteiger partial charge in [0.05, 0.1) is 6.54 Å². The Morgan fingerprint density at radius 2 is 2.27 bits per heavy atom. The van der Waals surface area contributed by atoms with Crippen molar-refractivity contribution in [2.24, 2.45) is 5.73 Å². The van der Waals surface area contributed by atoms with E-state index in [9.17, 15) is 0 Å². The highest BCUT2D eigenvalue weighted by molar-refractivity contribution is 7.80. The van der Waals surface area contributed by atoms with Gasteiger partial charge in [-0.15, -0.1) is 0 Å². The normalized spacial score (nSPS) is 10.2. The average Bonchev–Trinajstić information content (AvgIpc) is 1.97. The SMILES string of the molecule is CC(C)NCC(=S)OCCN. The van der Waals surface area contributed by atoms with Gasteiger partial charge >= 0.3 is 0 Å². The standard InChI is InChI=1S/C7H16N2OS/c1-6(2)9-5-7(11)10-4-3-8/h6,9H,3-5,8H2,1-2H3. The van der Waals surface area contributed by atoms with Crippen molar-refractivity contribution in [1.82, 2.24) is 5.32 Å². The summed E-state index contributed by atoms with van der Waals surface area (Å²) in [6, 6.07) is 0.439. The molecule has 0 amide bonds. The summed E-state index contributed by atoms with van der Waals surface area (Å²) in [7, 11) is 0. The van der Waals surface area contributed by atoms with Crippen LogP contribution in [0.4, 0.5) is 0 Å². The minimum Gasteiger partial charge on any atom is -0.484 e. The molecule has 0 aliphatic rings. The number of ether oxygens (including phenoxy) is 1. The van der Waals surface area contributed by atoms with E-state index in [2.05, 4.69) is 19.2 Å². The maximum absolute atomic E-state index is 5.23. The molecule has 66 valence electrons. The zero-order valence-corrected chi connectivity index (χ0v) is 7.91. The fourth-order valence-electron chi connectivity index (χ4n) is 0.511. The van der Waals surface area contributed by atoms with Gasteiger partial charge in [-0.2, -0.15) is 0 Å². The molecule has 3 nitrogen and oxygen atoms in total. The Labute approximate surface area is 73.3 Å². The van der Waals surface area contributed by atoms with Gasteiger partial charge in [0.25, 0.3) is 0 Å². The van der Waals surface area contributed by atoms with Crippen LogP contribution in [0.3, 0.4) is 0 Å². The third-order valence-electron chi connectivity index (χ3n) is 1.04. The van der Waals surface area contributed by atoms with Crippen LogP contribution in [-0.4, -0.2) is 30.8 Å². The number of nitrogens with two attached hydrogens (primary N) is 1. The molecular formula is C7H16N2OS. The number of hydrogen-bond donors (Lipinski definition) is 2. The minimum absolute atomic E-state index is 0.439. The largest absolute Gasteiger partial charge is 0.484 e. The van der Waals surface area contributed by atoms with Crippen molar-refractivity contribution < 1.29 is 4.74 Å². The van der Waals surface area contributed by atoms with E-state index in [1.807, 2.05) is 0 Å². The van der Waals surface area contributed by atoms with E-state index in [-0.39, 0.29) is 0 Å². The van der Waals surface area contributed by atoms with E-state index in [1.165, 1.54) is 0 Å². The van der Waals surface area contributed by atoms with Crippen LogP contribution in [0.5, 0.6) is 0 Å². The van der Waals surface area contributed by atoms with Gasteiger partial charge in [0.2, 0.25) is 0 Å². The predicted molar refractivity (Wildman–Crippen MR) is 50.7 cm³/mol. The van der Waals surface area contributed by atoms with Crippen LogP contribution in [0.2, 0.25) is 0 Å². The van der Waals surface area contributed by atoms with Crippen molar-refractivity contribution in [1.29, 1.82) is 0 Å². The summed E-state index contributed by atoms with van der Waals surface area (Å²) in [5, 5.41) is 3.73. The van der Waals surface area contributed by atoms with Gasteiger partial charge in [0.15, 0.2) is 5.05 Å². The Bertz CT molecular complexity index is 117. The fourth-order valence-corrected chi connectivity index (χ4v) is 0.678. The Balaban J connectivity index is 3.23. The van der Waals surface area contributed by atoms with Crippen LogP contribution < -0.4 is 11.1 Å². The summed E-state index contributed by atoms with van der Waals surface area (Å²) in [5.74, 6) is 0. The lowest BCUT2D eigenvalue weighted by Gasteiger charge is -2.09. The topological polar surface area (TPSA) is 47.3 Å². The molecule has 0 aliphatic carbocycles. The molecule has 0 aromatic carbocycles. The van der Waals surface area contributed by atoms with Gasteiger partial charge in [0, 0.05) is 12.6 Å². The second-order valence-corrected chi connectivity index (χ2v) is 3.00. The summed E-state index contributed by atoms with van der Waals surface area (Å²) in [6.07, 6.45) is 0. The summed E-state index contributed by atoms with van der Waals surface area (Å²) in [5.41, 5.74) is 5.23. The zero-order chi connectivity index (χ0) is 8.69. The molecule has 3 N–H and O–H groups in total. The number of rotatable bonds is 5. The first kappa shape index (κ1) is 10.8. The van der Waals surface area contributed by atoms with Crippen LogP contribution >= 0.6 is 12.2 Å². The monoisotopic (exact) mass is 176 g/mol. The van der Waals surface area contributed by atoms with Crippen molar-refractivity contribution in [2.45, 2.75) is 19.9 Å². The number of thiocarbonyl (C=S) groups is 1. The maximum atomic E-state index is 5.23. The lowest BCUT2D eigenvalue weighted by molar-refractivity contribution is 0.315. The quantitative estimate of drug-likeness (QED) is 0.591. The molecular weight excluding hydrogens is 160 g/mol. The third kappa shape index (κ3) is 7.71. The average molecular weight is 176 g/mol. The van der Waals surface area contributed by atoms with Crippen LogP contribution in [0.15, 0.2) is 0 Å². The smallest absolute Gasteiger partial charge is 0.173 e. The number of nitrogens with one attached hydrogen (secondary N) is 1. The van der Waals surface area contributed by atoms with E-state index >= 15 is 0 Å². The van der Waals surface area contributed by atoms with Gasteiger partial charge in [-0.3, -0.25) is 0 Å². The molecule has 0 rings (SSSR count). The number of hydrogen-bond acceptors (Lipinski definition) is 4. The second-order valence-electron chi connectivity index (χ2n) is 2.54. The highest BCUT2D eigenvalue weighted by atomic mass is 32.1. The van der Waals surface area contributed by atoms with E-state index in [0.29, 0.717) is 30.8 Å². The first-order valence-corrected chi connectivity index (χ1v) is 4.16. The molecule has 0 unspecified atom stereocenters. The molecule has 0 spiro atoms. The van der Waals surface area contributed by atoms with E-state index in [4.69, 9.17) is 22.7 Å². The van der Waals surface area contributed by atoms with Crippen LogP contribution in [0.25, 0.3) is 0 Å². The molecule has 0 fully saturated rings. The summed E-state index contributed by atoms with van der Waals surface area (Å²) in [4.78, 5) is 0. The molecule has 11 heavy (non-hydrogen) atoms. The van der Waals surface area contributed by atoms with Gasteiger partial charge in [-0.1, -0.05) is 13.8 Å². The molecule has 0 bridgehead atoms. The minimum atomic E-state index is 0.439. The van der Waals surface area contributed by atoms with Gasteiger partial charge in [-0.05, 0) is 12.2 Å². The summed E-state index contributed by atoms with van der Waals surface area (Å²) >= 11 is 4.90. The van der Waals surface area contributed by atoms with Crippen molar-refractivity contribution in [3.05, 3.63) is 0 Å². The lowest BCUT2D eigenvalue weighted by atomic mass is 10.4. The van der Waals surface area contributed by atoms with Crippen molar-refractivity contribution >= 4 is 17.3 Å². The first-order valence-electron chi connectivity index (χ1n) is 3.76.